The second kappa shape index (κ2) is 3.47. The number of aliphatic imine (C=N–C) groups is 1. The van der Waals surface area contributed by atoms with Crippen molar-refractivity contribution in [2.75, 3.05) is 6.54 Å². The summed E-state index contributed by atoms with van der Waals surface area (Å²) in [6, 6.07) is 0. The Morgan fingerprint density at radius 1 is 1.62 bits per heavy atom. The third kappa shape index (κ3) is 5.47. The summed E-state index contributed by atoms with van der Waals surface area (Å²) < 4.78 is 0. The summed E-state index contributed by atoms with van der Waals surface area (Å²) >= 11 is 0. The van der Waals surface area contributed by atoms with E-state index in [9.17, 15) is 0 Å². The highest BCUT2D eigenvalue weighted by atomic mass is 14.8. The van der Waals surface area contributed by atoms with E-state index in [1.165, 1.54) is 0 Å². The summed E-state index contributed by atoms with van der Waals surface area (Å²) in [5.41, 5.74) is 5.29. The minimum atomic E-state index is 0.619. The molecule has 8 heavy (non-hydrogen) atoms. The zero-order valence-electron chi connectivity index (χ0n) is 5.81. The van der Waals surface area contributed by atoms with Crippen molar-refractivity contribution in [3.63, 3.8) is 0 Å². The first-order chi connectivity index (χ1) is 3.63. The molecule has 0 radical (unpaired) electrons. The molecule has 0 aromatic carbocycles. The number of amidine groups is 1. The second-order valence-corrected chi connectivity index (χ2v) is 2.38. The fraction of sp³-hybridized carbons (Fsp3) is 0.833. The molecule has 0 rings (SSSR count). The van der Waals surface area contributed by atoms with Gasteiger partial charge in [-0.2, -0.15) is 0 Å². The minimum absolute atomic E-state index is 0.619. The van der Waals surface area contributed by atoms with Gasteiger partial charge in [0.15, 0.2) is 0 Å². The van der Waals surface area contributed by atoms with Crippen LogP contribution in [0.2, 0.25) is 0 Å². The summed E-state index contributed by atoms with van der Waals surface area (Å²) in [5, 5.41) is 0. The standard InChI is InChI=1S/C6H14N2/c1-5(2)4-8-6(3)7/h5H,4H2,1-3H3,(H2,7,8). The molecule has 0 aliphatic heterocycles. The van der Waals surface area contributed by atoms with E-state index in [-0.39, 0.29) is 0 Å². The van der Waals surface area contributed by atoms with E-state index in [4.69, 9.17) is 5.73 Å². The molecule has 0 spiro atoms. The molecule has 0 bridgehead atoms. The lowest BCUT2D eigenvalue weighted by molar-refractivity contribution is 0.665. The molecule has 0 unspecified atom stereocenters. The average molecular weight is 114 g/mol. The van der Waals surface area contributed by atoms with Gasteiger partial charge < -0.3 is 5.73 Å². The van der Waals surface area contributed by atoms with E-state index >= 15 is 0 Å². The van der Waals surface area contributed by atoms with Crippen molar-refractivity contribution in [1.82, 2.24) is 0 Å². The summed E-state index contributed by atoms with van der Waals surface area (Å²) in [6.45, 7) is 6.89. The van der Waals surface area contributed by atoms with Crippen LogP contribution in [0.3, 0.4) is 0 Å². The second-order valence-electron chi connectivity index (χ2n) is 2.38. The molecular formula is C6H14N2. The van der Waals surface area contributed by atoms with Crippen molar-refractivity contribution in [3.05, 3.63) is 0 Å². The predicted octanol–water partition coefficient (Wildman–Crippen LogP) is 1.02. The molecule has 2 heteroatoms. The van der Waals surface area contributed by atoms with Crippen LogP contribution in [0.4, 0.5) is 0 Å². The van der Waals surface area contributed by atoms with Crippen LogP contribution in [0.15, 0.2) is 4.99 Å². The van der Waals surface area contributed by atoms with Gasteiger partial charge in [0.2, 0.25) is 0 Å². The first kappa shape index (κ1) is 7.47. The number of nitrogens with zero attached hydrogens (tertiary/aromatic N) is 1. The quantitative estimate of drug-likeness (QED) is 0.422. The Morgan fingerprint density at radius 3 is 2.25 bits per heavy atom. The van der Waals surface area contributed by atoms with Gasteiger partial charge in [0.05, 0.1) is 5.84 Å². The van der Waals surface area contributed by atoms with E-state index in [0.29, 0.717) is 11.8 Å². The lowest BCUT2D eigenvalue weighted by Gasteiger charge is -1.96. The van der Waals surface area contributed by atoms with Gasteiger partial charge in [-0.3, -0.25) is 4.99 Å². The fourth-order valence-electron chi connectivity index (χ4n) is 0.327. The monoisotopic (exact) mass is 114 g/mol. The molecule has 0 aromatic heterocycles. The maximum Gasteiger partial charge on any atom is 0.0905 e. The molecular weight excluding hydrogens is 100 g/mol. The first-order valence-corrected chi connectivity index (χ1v) is 2.89. The Morgan fingerprint density at radius 2 is 2.12 bits per heavy atom. The Kier molecular flexibility index (Phi) is 3.24. The molecule has 0 saturated heterocycles. The Bertz CT molecular complexity index is 80.5. The Hall–Kier alpha value is -0.530. The van der Waals surface area contributed by atoms with Gasteiger partial charge >= 0.3 is 0 Å². The molecule has 0 heterocycles. The van der Waals surface area contributed by atoms with Gasteiger partial charge in [-0.25, -0.2) is 0 Å². The average Bonchev–Trinajstić information content (AvgIpc) is 1.61. The SMILES string of the molecule is CC(N)=NCC(C)C. The zero-order chi connectivity index (χ0) is 6.57. The fourth-order valence-corrected chi connectivity index (χ4v) is 0.327. The summed E-state index contributed by atoms with van der Waals surface area (Å²) in [4.78, 5) is 4.02. The van der Waals surface area contributed by atoms with Crippen LogP contribution >= 0.6 is 0 Å². The van der Waals surface area contributed by atoms with Gasteiger partial charge in [-0.1, -0.05) is 13.8 Å². The van der Waals surface area contributed by atoms with E-state index in [2.05, 4.69) is 18.8 Å². The van der Waals surface area contributed by atoms with Crippen LogP contribution in [-0.2, 0) is 0 Å². The molecule has 2 N–H and O–H groups in total. The van der Waals surface area contributed by atoms with Gasteiger partial charge in [-0.05, 0) is 12.8 Å². The van der Waals surface area contributed by atoms with Crippen molar-refractivity contribution in [2.45, 2.75) is 20.8 Å². The van der Waals surface area contributed by atoms with Crippen molar-refractivity contribution in [3.8, 4) is 0 Å². The maximum atomic E-state index is 5.29. The highest BCUT2D eigenvalue weighted by Crippen LogP contribution is 1.90. The number of hydrogen-bond donors (Lipinski definition) is 1. The third-order valence-electron chi connectivity index (χ3n) is 0.706. The number of nitrogens with two attached hydrogens (primary N) is 1. The van der Waals surface area contributed by atoms with Crippen molar-refractivity contribution >= 4 is 5.84 Å². The molecule has 0 aromatic rings. The van der Waals surface area contributed by atoms with Crippen molar-refractivity contribution in [1.29, 1.82) is 0 Å². The molecule has 0 saturated carbocycles. The number of hydrogen-bond acceptors (Lipinski definition) is 1. The van der Waals surface area contributed by atoms with Gasteiger partial charge in [0.1, 0.15) is 0 Å². The molecule has 0 aliphatic carbocycles. The van der Waals surface area contributed by atoms with E-state index in [1.807, 2.05) is 6.92 Å². The molecule has 2 nitrogen and oxygen atoms in total. The summed E-state index contributed by atoms with van der Waals surface area (Å²) in [7, 11) is 0. The normalized spacial score (nSPS) is 12.8. The smallest absolute Gasteiger partial charge is 0.0905 e. The van der Waals surface area contributed by atoms with Crippen LogP contribution in [0.5, 0.6) is 0 Å². The van der Waals surface area contributed by atoms with Gasteiger partial charge in [0.25, 0.3) is 0 Å². The maximum absolute atomic E-state index is 5.29. The van der Waals surface area contributed by atoms with Crippen LogP contribution in [0.25, 0.3) is 0 Å². The summed E-state index contributed by atoms with van der Waals surface area (Å²) in [6.07, 6.45) is 0. The lowest BCUT2D eigenvalue weighted by Crippen LogP contribution is -2.07. The highest BCUT2D eigenvalue weighted by molar-refractivity contribution is 5.77. The highest BCUT2D eigenvalue weighted by Gasteiger charge is 1.87. The van der Waals surface area contributed by atoms with Crippen LogP contribution in [0.1, 0.15) is 20.8 Å². The Labute approximate surface area is 50.8 Å². The molecule has 0 aliphatic rings. The molecule has 0 fully saturated rings. The predicted molar refractivity (Wildman–Crippen MR) is 37.0 cm³/mol. The topological polar surface area (TPSA) is 38.4 Å². The lowest BCUT2D eigenvalue weighted by atomic mass is 10.2. The molecule has 0 amide bonds. The Balaban J connectivity index is 3.29. The minimum Gasteiger partial charge on any atom is -0.388 e. The van der Waals surface area contributed by atoms with Crippen molar-refractivity contribution in [2.24, 2.45) is 16.6 Å². The number of rotatable bonds is 2. The van der Waals surface area contributed by atoms with Crippen LogP contribution in [0, 0.1) is 5.92 Å². The van der Waals surface area contributed by atoms with Gasteiger partial charge in [0, 0.05) is 6.54 Å². The summed E-state index contributed by atoms with van der Waals surface area (Å²) in [5.74, 6) is 1.30. The third-order valence-corrected chi connectivity index (χ3v) is 0.706. The van der Waals surface area contributed by atoms with Gasteiger partial charge in [-0.15, -0.1) is 0 Å². The van der Waals surface area contributed by atoms with E-state index in [1.54, 1.807) is 0 Å². The largest absolute Gasteiger partial charge is 0.388 e. The van der Waals surface area contributed by atoms with Crippen LogP contribution in [-0.4, -0.2) is 12.4 Å². The van der Waals surface area contributed by atoms with E-state index < -0.39 is 0 Å². The molecule has 48 valence electrons. The first-order valence-electron chi connectivity index (χ1n) is 2.89. The zero-order valence-corrected chi connectivity index (χ0v) is 5.81. The van der Waals surface area contributed by atoms with E-state index in [0.717, 1.165) is 6.54 Å². The van der Waals surface area contributed by atoms with Crippen molar-refractivity contribution < 1.29 is 0 Å². The molecule has 0 atom stereocenters. The van der Waals surface area contributed by atoms with Crippen LogP contribution < -0.4 is 5.73 Å².